The summed E-state index contributed by atoms with van der Waals surface area (Å²) in [5, 5.41) is 8.91. The van der Waals surface area contributed by atoms with Gasteiger partial charge in [-0.15, -0.1) is 0 Å². The van der Waals surface area contributed by atoms with E-state index in [9.17, 15) is 13.2 Å². The molecular formula is C13H21N3O4S. The van der Waals surface area contributed by atoms with Crippen LogP contribution in [0.2, 0.25) is 0 Å². The van der Waals surface area contributed by atoms with Crippen molar-refractivity contribution in [2.24, 2.45) is 0 Å². The number of aromatic amines is 1. The molecule has 1 unspecified atom stereocenters. The first kappa shape index (κ1) is 16.0. The molecule has 1 atom stereocenters. The molecule has 2 N–H and O–H groups in total. The number of rotatable bonds is 4. The Morgan fingerprint density at radius 1 is 1.48 bits per heavy atom. The summed E-state index contributed by atoms with van der Waals surface area (Å²) in [6.07, 6.45) is 2.74. The second kappa shape index (κ2) is 6.17. The van der Waals surface area contributed by atoms with E-state index in [1.165, 1.54) is 16.6 Å². The Bertz CT molecular complexity index is 611. The molecule has 0 radical (unpaired) electrons. The maximum Gasteiger partial charge on any atom is 0.352 e. The van der Waals surface area contributed by atoms with Crippen LogP contribution < -0.4 is 0 Å². The normalized spacial score (nSPS) is 22.1. The lowest BCUT2D eigenvalue weighted by molar-refractivity contribution is 0.0691. The highest BCUT2D eigenvalue weighted by Crippen LogP contribution is 2.23. The first-order chi connectivity index (χ1) is 9.86. The van der Waals surface area contributed by atoms with E-state index in [1.807, 2.05) is 14.0 Å². The summed E-state index contributed by atoms with van der Waals surface area (Å²) in [5.74, 6) is -1.17. The van der Waals surface area contributed by atoms with Crippen molar-refractivity contribution in [3.63, 3.8) is 0 Å². The number of hydrogen-bond acceptors (Lipinski definition) is 4. The minimum atomic E-state index is -3.67. The summed E-state index contributed by atoms with van der Waals surface area (Å²) < 4.78 is 27.0. The number of nitrogens with one attached hydrogen (secondary N) is 1. The van der Waals surface area contributed by atoms with Gasteiger partial charge in [0.25, 0.3) is 0 Å². The van der Waals surface area contributed by atoms with Crippen molar-refractivity contribution in [3.8, 4) is 0 Å². The summed E-state index contributed by atoms with van der Waals surface area (Å²) in [5.41, 5.74) is -0.117. The van der Waals surface area contributed by atoms with Gasteiger partial charge >= 0.3 is 5.97 Å². The number of H-pyrrole nitrogens is 1. The van der Waals surface area contributed by atoms with Gasteiger partial charge in [-0.05, 0) is 32.5 Å². The number of aromatic carboxylic acids is 1. The summed E-state index contributed by atoms with van der Waals surface area (Å²) in [7, 11) is -1.69. The third-order valence-corrected chi connectivity index (χ3v) is 5.74. The Balaban J connectivity index is 2.33. The van der Waals surface area contributed by atoms with Crippen LogP contribution in [0.15, 0.2) is 17.2 Å². The number of sulfonamides is 1. The Morgan fingerprint density at radius 2 is 2.19 bits per heavy atom. The molecule has 0 bridgehead atoms. The summed E-state index contributed by atoms with van der Waals surface area (Å²) >= 11 is 0. The number of carboxylic acids is 1. The molecule has 21 heavy (non-hydrogen) atoms. The zero-order valence-electron chi connectivity index (χ0n) is 12.2. The van der Waals surface area contributed by atoms with Gasteiger partial charge in [-0.1, -0.05) is 6.92 Å². The van der Waals surface area contributed by atoms with E-state index in [0.717, 1.165) is 19.4 Å². The van der Waals surface area contributed by atoms with Crippen molar-refractivity contribution in [1.29, 1.82) is 0 Å². The smallest absolute Gasteiger partial charge is 0.352 e. The average Bonchev–Trinajstić information content (AvgIpc) is 2.84. The van der Waals surface area contributed by atoms with Gasteiger partial charge < -0.3 is 15.0 Å². The van der Waals surface area contributed by atoms with Gasteiger partial charge in [0, 0.05) is 25.3 Å². The van der Waals surface area contributed by atoms with E-state index in [1.54, 1.807) is 0 Å². The predicted octanol–water partition coefficient (Wildman–Crippen LogP) is 0.818. The number of carboxylic acid groups (broad SMARTS) is 1. The second-order valence-electron chi connectivity index (χ2n) is 5.35. The lowest BCUT2D eigenvalue weighted by Gasteiger charge is -2.28. The summed E-state index contributed by atoms with van der Waals surface area (Å²) in [4.78, 5) is 15.5. The van der Waals surface area contributed by atoms with E-state index in [-0.39, 0.29) is 16.6 Å². The van der Waals surface area contributed by atoms with E-state index in [0.29, 0.717) is 13.1 Å². The van der Waals surface area contributed by atoms with Gasteiger partial charge in [-0.3, -0.25) is 0 Å². The molecule has 0 amide bonds. The molecule has 0 spiro atoms. The minimum absolute atomic E-state index is 0.0166. The van der Waals surface area contributed by atoms with Crippen LogP contribution in [-0.2, 0) is 10.0 Å². The van der Waals surface area contributed by atoms with Crippen LogP contribution >= 0.6 is 0 Å². The van der Waals surface area contributed by atoms with Crippen LogP contribution in [0.1, 0.15) is 30.3 Å². The predicted molar refractivity (Wildman–Crippen MR) is 77.8 cm³/mol. The van der Waals surface area contributed by atoms with Gasteiger partial charge in [-0.25, -0.2) is 13.2 Å². The molecule has 1 fully saturated rings. The number of nitrogens with zero attached hydrogens (tertiary/aromatic N) is 2. The molecule has 1 aliphatic rings. The molecule has 0 aliphatic carbocycles. The van der Waals surface area contributed by atoms with Crippen molar-refractivity contribution in [3.05, 3.63) is 18.0 Å². The fourth-order valence-electron chi connectivity index (χ4n) is 2.65. The summed E-state index contributed by atoms with van der Waals surface area (Å²) in [6.45, 7) is 3.97. The zero-order valence-corrected chi connectivity index (χ0v) is 13.1. The van der Waals surface area contributed by atoms with Crippen molar-refractivity contribution in [2.75, 3.05) is 26.7 Å². The molecule has 8 heteroatoms. The molecule has 1 aliphatic heterocycles. The van der Waals surface area contributed by atoms with Gasteiger partial charge in [0.1, 0.15) is 10.6 Å². The second-order valence-corrected chi connectivity index (χ2v) is 7.24. The highest BCUT2D eigenvalue weighted by molar-refractivity contribution is 7.89. The topological polar surface area (TPSA) is 93.7 Å². The van der Waals surface area contributed by atoms with Gasteiger partial charge in [-0.2, -0.15) is 4.31 Å². The third-order valence-electron chi connectivity index (χ3n) is 3.81. The zero-order chi connectivity index (χ0) is 15.6. The molecule has 7 nitrogen and oxygen atoms in total. The fourth-order valence-corrected chi connectivity index (χ4v) is 4.38. The van der Waals surface area contributed by atoms with Crippen molar-refractivity contribution in [1.82, 2.24) is 14.2 Å². The SMILES string of the molecule is CCC1CN(C)CCCN1S(=O)(=O)c1c[nH]c(C(=O)O)c1. The van der Waals surface area contributed by atoms with E-state index in [2.05, 4.69) is 9.88 Å². The first-order valence-electron chi connectivity index (χ1n) is 6.98. The molecule has 2 heterocycles. The quantitative estimate of drug-likeness (QED) is 0.858. The molecule has 0 aromatic carbocycles. The van der Waals surface area contributed by atoms with Gasteiger partial charge in [0.15, 0.2) is 0 Å². The average molecular weight is 315 g/mol. The Morgan fingerprint density at radius 3 is 2.76 bits per heavy atom. The Hall–Kier alpha value is -1.38. The van der Waals surface area contributed by atoms with E-state index in [4.69, 9.17) is 5.11 Å². The number of likely N-dealkylation sites (N-methyl/N-ethyl adjacent to an activating group) is 1. The maximum absolute atomic E-state index is 12.7. The molecule has 2 rings (SSSR count). The van der Waals surface area contributed by atoms with Crippen molar-refractivity contribution in [2.45, 2.75) is 30.7 Å². The number of carbonyl (C=O) groups is 1. The van der Waals surface area contributed by atoms with Gasteiger partial charge in [0.05, 0.1) is 0 Å². The van der Waals surface area contributed by atoms with Crippen LogP contribution in [0.25, 0.3) is 0 Å². The van der Waals surface area contributed by atoms with Gasteiger partial charge in [0.2, 0.25) is 10.0 Å². The van der Waals surface area contributed by atoms with Crippen molar-refractivity contribution >= 4 is 16.0 Å². The standard InChI is InChI=1S/C13H21N3O4S/c1-3-10-9-15(2)5-4-6-16(10)21(19,20)11-7-12(13(17)18)14-8-11/h7-8,10,14H,3-6,9H2,1-2H3,(H,17,18). The van der Waals surface area contributed by atoms with Crippen LogP contribution in [0.4, 0.5) is 0 Å². The molecule has 1 aromatic rings. The van der Waals surface area contributed by atoms with Crippen LogP contribution in [-0.4, -0.2) is 66.4 Å². The molecule has 1 saturated heterocycles. The third kappa shape index (κ3) is 3.28. The van der Waals surface area contributed by atoms with Crippen LogP contribution in [0.3, 0.4) is 0 Å². The fraction of sp³-hybridized carbons (Fsp3) is 0.615. The highest BCUT2D eigenvalue weighted by Gasteiger charge is 2.33. The molecular weight excluding hydrogens is 294 g/mol. The number of hydrogen-bond donors (Lipinski definition) is 2. The Labute approximate surface area is 124 Å². The minimum Gasteiger partial charge on any atom is -0.477 e. The molecule has 118 valence electrons. The first-order valence-corrected chi connectivity index (χ1v) is 8.42. The van der Waals surface area contributed by atoms with Crippen LogP contribution in [0, 0.1) is 0 Å². The van der Waals surface area contributed by atoms with E-state index >= 15 is 0 Å². The summed E-state index contributed by atoms with van der Waals surface area (Å²) in [6, 6.07) is 1.09. The Kier molecular flexibility index (Phi) is 4.70. The largest absolute Gasteiger partial charge is 0.477 e. The monoisotopic (exact) mass is 315 g/mol. The number of aromatic nitrogens is 1. The highest BCUT2D eigenvalue weighted by atomic mass is 32.2. The lowest BCUT2D eigenvalue weighted by Crippen LogP contribution is -2.43. The molecule has 1 aromatic heterocycles. The van der Waals surface area contributed by atoms with Crippen molar-refractivity contribution < 1.29 is 18.3 Å². The van der Waals surface area contributed by atoms with E-state index < -0.39 is 16.0 Å². The molecule has 0 saturated carbocycles. The van der Waals surface area contributed by atoms with Crippen LogP contribution in [0.5, 0.6) is 0 Å². The maximum atomic E-state index is 12.7. The lowest BCUT2D eigenvalue weighted by atomic mass is 10.2.